The average Bonchev–Trinajstić information content (AvgIpc) is 3.22. The van der Waals surface area contributed by atoms with Crippen molar-refractivity contribution < 1.29 is 15.3 Å². The lowest BCUT2D eigenvalue weighted by Crippen LogP contribution is -1.99. The molecule has 0 amide bonds. The Kier molecular flexibility index (Phi) is 6.34. The molecule has 7 heteroatoms. The van der Waals surface area contributed by atoms with Crippen molar-refractivity contribution in [3.63, 3.8) is 0 Å². The summed E-state index contributed by atoms with van der Waals surface area (Å²) in [7, 11) is 0. The van der Waals surface area contributed by atoms with E-state index in [1.807, 2.05) is 56.6 Å². The first kappa shape index (κ1) is 22.0. The minimum Gasteiger partial charge on any atom is -0.506 e. The van der Waals surface area contributed by atoms with Crippen molar-refractivity contribution in [2.45, 2.75) is 41.0 Å². The summed E-state index contributed by atoms with van der Waals surface area (Å²) in [6.07, 6.45) is 0.964. The monoisotopic (exact) mass is 420 g/mol. The zero-order chi connectivity index (χ0) is 22.7. The number of hydrogen-bond donors (Lipinski definition) is 3. The number of aryl methyl sites for hydroxylation is 3. The Morgan fingerprint density at radius 1 is 0.774 bits per heavy atom. The number of aromatic hydroxyl groups is 3. The van der Waals surface area contributed by atoms with Crippen LogP contribution in [0.25, 0.3) is 11.4 Å². The van der Waals surface area contributed by atoms with E-state index in [-0.39, 0.29) is 17.2 Å². The molecule has 162 valence electrons. The van der Waals surface area contributed by atoms with Gasteiger partial charge >= 0.3 is 0 Å². The van der Waals surface area contributed by atoms with Crippen molar-refractivity contribution in [3.8, 4) is 28.6 Å². The molecule has 0 saturated heterocycles. The topological polar surface area (TPSA) is 96.3 Å². The summed E-state index contributed by atoms with van der Waals surface area (Å²) in [4.78, 5) is 0. The van der Waals surface area contributed by atoms with Crippen molar-refractivity contribution in [2.24, 2.45) is 0 Å². The van der Waals surface area contributed by atoms with E-state index >= 15 is 0 Å². The smallest absolute Gasteiger partial charge is 0.183 e. The Bertz CT molecular complexity index is 1210. The normalized spacial score (nSPS) is 10.6. The lowest BCUT2D eigenvalue weighted by molar-refractivity contribution is 0.401. The standard InChI is InChI=1S/C13H16N2O.C11H12N2O2/c1-4-11-9(2)14-15(10(11)3)12-7-5-6-8-13(12)16;1-7-6-8(2)13(12-7)9-4-3-5-10(14)11(9)15/h5-8,16H,4H2,1-3H3;3-6,14-15H,1-2H3. The number of benzene rings is 2. The second-order valence-corrected chi connectivity index (χ2v) is 7.39. The third-order valence-corrected chi connectivity index (χ3v) is 5.14. The molecule has 2 heterocycles. The lowest BCUT2D eigenvalue weighted by Gasteiger charge is -2.07. The molecule has 0 fully saturated rings. The van der Waals surface area contributed by atoms with Gasteiger partial charge in [-0.2, -0.15) is 10.2 Å². The SMILES string of the molecule is CCc1c(C)nn(-c2ccccc2O)c1C.Cc1cc(C)n(-c2cccc(O)c2O)n1. The number of nitrogens with zero attached hydrogens (tertiary/aromatic N) is 4. The zero-order valence-electron chi connectivity index (χ0n) is 18.5. The average molecular weight is 421 g/mol. The highest BCUT2D eigenvalue weighted by Crippen LogP contribution is 2.31. The molecule has 0 saturated carbocycles. The Labute approximate surface area is 181 Å². The summed E-state index contributed by atoms with van der Waals surface area (Å²) in [5.74, 6) is -0.0282. The van der Waals surface area contributed by atoms with Crippen LogP contribution in [0.5, 0.6) is 17.2 Å². The third kappa shape index (κ3) is 4.40. The van der Waals surface area contributed by atoms with Gasteiger partial charge in [0.15, 0.2) is 11.5 Å². The summed E-state index contributed by atoms with van der Waals surface area (Å²) < 4.78 is 3.41. The molecule has 0 atom stereocenters. The summed E-state index contributed by atoms with van der Waals surface area (Å²) in [5, 5.41) is 37.5. The summed E-state index contributed by atoms with van der Waals surface area (Å²) in [5.41, 5.74) is 6.39. The minimum absolute atomic E-state index is 0.139. The second-order valence-electron chi connectivity index (χ2n) is 7.39. The van der Waals surface area contributed by atoms with Crippen molar-refractivity contribution in [1.82, 2.24) is 19.6 Å². The fourth-order valence-electron chi connectivity index (χ4n) is 3.63. The van der Waals surface area contributed by atoms with E-state index in [0.29, 0.717) is 5.69 Å². The molecule has 0 aliphatic carbocycles. The number of phenols is 3. The molecule has 0 bridgehead atoms. The maximum atomic E-state index is 9.80. The van der Waals surface area contributed by atoms with Gasteiger partial charge in [0.2, 0.25) is 0 Å². The molecule has 0 radical (unpaired) electrons. The molecule has 7 nitrogen and oxygen atoms in total. The maximum Gasteiger partial charge on any atom is 0.183 e. The van der Waals surface area contributed by atoms with Gasteiger partial charge in [0.1, 0.15) is 17.1 Å². The van der Waals surface area contributed by atoms with Crippen LogP contribution < -0.4 is 0 Å². The fraction of sp³-hybridized carbons (Fsp3) is 0.250. The molecular weight excluding hydrogens is 392 g/mol. The first-order valence-electron chi connectivity index (χ1n) is 10.1. The van der Waals surface area contributed by atoms with E-state index in [1.165, 1.54) is 11.6 Å². The minimum atomic E-state index is -0.149. The van der Waals surface area contributed by atoms with Crippen LogP contribution in [-0.2, 0) is 6.42 Å². The molecule has 4 rings (SSSR count). The number of para-hydroxylation sites is 3. The lowest BCUT2D eigenvalue weighted by atomic mass is 10.1. The Hall–Kier alpha value is -3.74. The number of hydrogen-bond acceptors (Lipinski definition) is 5. The highest BCUT2D eigenvalue weighted by atomic mass is 16.3. The van der Waals surface area contributed by atoms with Crippen LogP contribution in [0.3, 0.4) is 0 Å². The Balaban J connectivity index is 0.000000176. The van der Waals surface area contributed by atoms with Crippen LogP contribution in [0.4, 0.5) is 0 Å². The molecular formula is C24H28N4O3. The number of aromatic nitrogens is 4. The largest absolute Gasteiger partial charge is 0.506 e. The van der Waals surface area contributed by atoms with Crippen molar-refractivity contribution in [1.29, 1.82) is 0 Å². The quantitative estimate of drug-likeness (QED) is 0.419. The van der Waals surface area contributed by atoms with E-state index in [9.17, 15) is 15.3 Å². The number of phenolic OH excluding ortho intramolecular Hbond substituents is 3. The Morgan fingerprint density at radius 3 is 2.00 bits per heavy atom. The van der Waals surface area contributed by atoms with Gasteiger partial charge in [0.05, 0.1) is 11.4 Å². The van der Waals surface area contributed by atoms with Crippen LogP contribution >= 0.6 is 0 Å². The first-order valence-corrected chi connectivity index (χ1v) is 10.1. The summed E-state index contributed by atoms with van der Waals surface area (Å²) in [6.45, 7) is 9.92. The molecule has 0 aliphatic heterocycles. The van der Waals surface area contributed by atoms with Gasteiger partial charge in [-0.15, -0.1) is 0 Å². The van der Waals surface area contributed by atoms with Gasteiger partial charge in [-0.3, -0.25) is 0 Å². The van der Waals surface area contributed by atoms with E-state index in [0.717, 1.165) is 34.9 Å². The van der Waals surface area contributed by atoms with Gasteiger partial charge < -0.3 is 15.3 Å². The molecule has 0 aliphatic rings. The van der Waals surface area contributed by atoms with E-state index in [1.54, 1.807) is 22.9 Å². The van der Waals surface area contributed by atoms with Crippen LogP contribution in [0.15, 0.2) is 48.5 Å². The first-order chi connectivity index (χ1) is 14.7. The van der Waals surface area contributed by atoms with E-state index in [4.69, 9.17) is 0 Å². The zero-order valence-corrected chi connectivity index (χ0v) is 18.5. The van der Waals surface area contributed by atoms with Gasteiger partial charge in [-0.1, -0.05) is 25.1 Å². The summed E-state index contributed by atoms with van der Waals surface area (Å²) >= 11 is 0. The highest BCUT2D eigenvalue weighted by Gasteiger charge is 2.13. The molecule has 2 aromatic heterocycles. The predicted molar refractivity (Wildman–Crippen MR) is 120 cm³/mol. The second kappa shape index (κ2) is 8.95. The van der Waals surface area contributed by atoms with Gasteiger partial charge in [-0.05, 0) is 70.0 Å². The van der Waals surface area contributed by atoms with Crippen molar-refractivity contribution in [3.05, 3.63) is 76.9 Å². The van der Waals surface area contributed by atoms with Gasteiger partial charge in [-0.25, -0.2) is 9.36 Å². The van der Waals surface area contributed by atoms with Crippen molar-refractivity contribution >= 4 is 0 Å². The highest BCUT2D eigenvalue weighted by molar-refractivity contribution is 5.54. The summed E-state index contributed by atoms with van der Waals surface area (Å²) in [6, 6.07) is 14.0. The molecule has 3 N–H and O–H groups in total. The predicted octanol–water partition coefficient (Wildman–Crippen LogP) is 4.66. The van der Waals surface area contributed by atoms with Crippen molar-refractivity contribution in [2.75, 3.05) is 0 Å². The van der Waals surface area contributed by atoms with Gasteiger partial charge in [0.25, 0.3) is 0 Å². The number of rotatable bonds is 3. The fourth-order valence-corrected chi connectivity index (χ4v) is 3.63. The van der Waals surface area contributed by atoms with Crippen LogP contribution in [0.1, 0.15) is 35.3 Å². The maximum absolute atomic E-state index is 9.80. The van der Waals surface area contributed by atoms with Crippen LogP contribution in [-0.4, -0.2) is 34.9 Å². The van der Waals surface area contributed by atoms with Crippen LogP contribution in [0, 0.1) is 27.7 Å². The molecule has 2 aromatic carbocycles. The Morgan fingerprint density at radius 2 is 1.42 bits per heavy atom. The van der Waals surface area contributed by atoms with Gasteiger partial charge in [0, 0.05) is 11.4 Å². The van der Waals surface area contributed by atoms with E-state index < -0.39 is 0 Å². The molecule has 4 aromatic rings. The third-order valence-electron chi connectivity index (χ3n) is 5.14. The van der Waals surface area contributed by atoms with E-state index in [2.05, 4.69) is 17.1 Å². The molecule has 0 spiro atoms. The molecule has 0 unspecified atom stereocenters. The molecule has 31 heavy (non-hydrogen) atoms. The van der Waals surface area contributed by atoms with Crippen LogP contribution in [0.2, 0.25) is 0 Å².